The number of aromatic hydroxyl groups is 1. The molecule has 0 aromatic heterocycles. The summed E-state index contributed by atoms with van der Waals surface area (Å²) < 4.78 is 0. The quantitative estimate of drug-likeness (QED) is 0.672. The largest absolute Gasteiger partial charge is 0.507 e. The summed E-state index contributed by atoms with van der Waals surface area (Å²) >= 11 is 0. The smallest absolute Gasteiger partial charge is 0.121 e. The lowest BCUT2D eigenvalue weighted by Gasteiger charge is -2.39. The van der Waals surface area contributed by atoms with Crippen LogP contribution in [0.4, 0.5) is 0 Å². The highest BCUT2D eigenvalue weighted by Gasteiger charge is 2.34. The minimum Gasteiger partial charge on any atom is -0.507 e. The van der Waals surface area contributed by atoms with Crippen LogP contribution in [-0.2, 0) is 6.42 Å². The van der Waals surface area contributed by atoms with Crippen molar-refractivity contribution in [1.29, 1.82) is 0 Å². The second kappa shape index (κ2) is 7.73. The highest BCUT2D eigenvalue weighted by Crippen LogP contribution is 2.48. The molecule has 0 spiro atoms. The molecule has 1 nitrogen and oxygen atoms in total. The molecule has 2 saturated carbocycles. The number of benzene rings is 1. The maximum Gasteiger partial charge on any atom is 0.121 e. The van der Waals surface area contributed by atoms with E-state index in [4.69, 9.17) is 0 Å². The number of hydrogen-bond donors (Lipinski definition) is 1. The van der Waals surface area contributed by atoms with Crippen molar-refractivity contribution in [2.45, 2.75) is 90.4 Å². The molecule has 0 atom stereocenters. The van der Waals surface area contributed by atoms with E-state index in [1.165, 1.54) is 75.3 Å². The van der Waals surface area contributed by atoms with Crippen molar-refractivity contribution in [2.24, 2.45) is 11.8 Å². The molecule has 1 heteroatoms. The van der Waals surface area contributed by atoms with Gasteiger partial charge in [-0.25, -0.2) is 0 Å². The van der Waals surface area contributed by atoms with Crippen molar-refractivity contribution < 1.29 is 5.11 Å². The Balaban J connectivity index is 1.98. The predicted molar refractivity (Wildman–Crippen MR) is 98.1 cm³/mol. The topological polar surface area (TPSA) is 20.2 Å². The van der Waals surface area contributed by atoms with Gasteiger partial charge in [-0.3, -0.25) is 0 Å². The number of aryl methyl sites for hydroxylation is 2. The molecule has 0 unspecified atom stereocenters. The summed E-state index contributed by atoms with van der Waals surface area (Å²) in [6.07, 6.45) is 14.9. The van der Waals surface area contributed by atoms with E-state index in [1.54, 1.807) is 0 Å². The fourth-order valence-corrected chi connectivity index (χ4v) is 5.22. The molecule has 2 aliphatic carbocycles. The van der Waals surface area contributed by atoms with Gasteiger partial charge in [-0.05, 0) is 73.5 Å². The molecule has 0 bridgehead atoms. The molecule has 0 radical (unpaired) electrons. The fourth-order valence-electron chi connectivity index (χ4n) is 5.22. The van der Waals surface area contributed by atoms with E-state index in [9.17, 15) is 5.11 Å². The van der Waals surface area contributed by atoms with Gasteiger partial charge < -0.3 is 5.11 Å². The van der Waals surface area contributed by atoms with Crippen LogP contribution in [0.2, 0.25) is 0 Å². The van der Waals surface area contributed by atoms with E-state index in [0.717, 1.165) is 23.8 Å². The zero-order chi connectivity index (χ0) is 16.2. The van der Waals surface area contributed by atoms with Crippen LogP contribution >= 0.6 is 0 Å². The minimum absolute atomic E-state index is 0.598. The first-order valence-corrected chi connectivity index (χ1v) is 10.0. The van der Waals surface area contributed by atoms with Gasteiger partial charge in [0.1, 0.15) is 5.75 Å². The summed E-state index contributed by atoms with van der Waals surface area (Å²) in [5.41, 5.74) is 3.77. The summed E-state index contributed by atoms with van der Waals surface area (Å²) in [4.78, 5) is 0. The predicted octanol–water partition coefficient (Wildman–Crippen LogP) is 6.51. The SMILES string of the molecule is CCc1cc(C)c(O)c(C(C2CCCCC2)C2CCCCC2)c1. The molecule has 0 amide bonds. The van der Waals surface area contributed by atoms with Crippen molar-refractivity contribution >= 4 is 0 Å². The first kappa shape index (κ1) is 16.9. The van der Waals surface area contributed by atoms with E-state index < -0.39 is 0 Å². The van der Waals surface area contributed by atoms with Gasteiger partial charge in [0, 0.05) is 0 Å². The van der Waals surface area contributed by atoms with Crippen LogP contribution in [0.15, 0.2) is 12.1 Å². The fraction of sp³-hybridized carbons (Fsp3) is 0.727. The van der Waals surface area contributed by atoms with Gasteiger partial charge in [0.05, 0.1) is 0 Å². The van der Waals surface area contributed by atoms with Crippen LogP contribution in [-0.4, -0.2) is 5.11 Å². The Morgan fingerprint density at radius 1 is 0.913 bits per heavy atom. The van der Waals surface area contributed by atoms with Crippen LogP contribution in [0, 0.1) is 18.8 Å². The van der Waals surface area contributed by atoms with Crippen LogP contribution in [0.3, 0.4) is 0 Å². The Morgan fingerprint density at radius 3 is 1.91 bits per heavy atom. The lowest BCUT2D eigenvalue weighted by Crippen LogP contribution is -2.26. The minimum atomic E-state index is 0.598. The monoisotopic (exact) mass is 314 g/mol. The first-order valence-electron chi connectivity index (χ1n) is 10.0. The Morgan fingerprint density at radius 2 is 1.43 bits per heavy atom. The summed E-state index contributed by atoms with van der Waals surface area (Å²) in [7, 11) is 0. The highest BCUT2D eigenvalue weighted by molar-refractivity contribution is 5.45. The van der Waals surface area contributed by atoms with Crippen LogP contribution in [0.5, 0.6) is 5.75 Å². The van der Waals surface area contributed by atoms with Crippen molar-refractivity contribution in [3.63, 3.8) is 0 Å². The van der Waals surface area contributed by atoms with Gasteiger partial charge in [-0.15, -0.1) is 0 Å². The maximum absolute atomic E-state index is 10.8. The lowest BCUT2D eigenvalue weighted by molar-refractivity contribution is 0.199. The molecule has 2 aliphatic rings. The lowest BCUT2D eigenvalue weighted by atomic mass is 9.66. The zero-order valence-electron chi connectivity index (χ0n) is 15.1. The van der Waals surface area contributed by atoms with Gasteiger partial charge in [-0.1, -0.05) is 57.6 Å². The molecule has 1 aromatic rings. The average molecular weight is 315 g/mol. The highest BCUT2D eigenvalue weighted by atomic mass is 16.3. The van der Waals surface area contributed by atoms with Gasteiger partial charge >= 0.3 is 0 Å². The molecule has 1 N–H and O–H groups in total. The molecular weight excluding hydrogens is 280 g/mol. The first-order chi connectivity index (χ1) is 11.2. The molecule has 0 aliphatic heterocycles. The number of hydrogen-bond acceptors (Lipinski definition) is 1. The summed E-state index contributed by atoms with van der Waals surface area (Å²) in [6.45, 7) is 4.31. The summed E-state index contributed by atoms with van der Waals surface area (Å²) in [6, 6.07) is 4.52. The van der Waals surface area contributed by atoms with E-state index in [2.05, 4.69) is 26.0 Å². The van der Waals surface area contributed by atoms with Crippen LogP contribution < -0.4 is 0 Å². The third-order valence-electron chi connectivity index (χ3n) is 6.47. The Kier molecular flexibility index (Phi) is 5.67. The van der Waals surface area contributed by atoms with Crippen molar-refractivity contribution in [3.8, 4) is 5.75 Å². The molecule has 2 fully saturated rings. The number of phenols is 1. The Bertz CT molecular complexity index is 489. The van der Waals surface area contributed by atoms with Gasteiger partial charge in [0.2, 0.25) is 0 Å². The molecule has 128 valence electrons. The van der Waals surface area contributed by atoms with Crippen LogP contribution in [0.25, 0.3) is 0 Å². The second-order valence-corrected chi connectivity index (χ2v) is 8.03. The van der Waals surface area contributed by atoms with Gasteiger partial charge in [0.15, 0.2) is 0 Å². The normalized spacial score (nSPS) is 21.0. The van der Waals surface area contributed by atoms with Crippen molar-refractivity contribution in [2.75, 3.05) is 0 Å². The van der Waals surface area contributed by atoms with Gasteiger partial charge in [-0.2, -0.15) is 0 Å². The van der Waals surface area contributed by atoms with Crippen molar-refractivity contribution in [1.82, 2.24) is 0 Å². The van der Waals surface area contributed by atoms with E-state index >= 15 is 0 Å². The van der Waals surface area contributed by atoms with E-state index in [1.807, 2.05) is 0 Å². The molecule has 3 rings (SSSR count). The second-order valence-electron chi connectivity index (χ2n) is 8.03. The van der Waals surface area contributed by atoms with E-state index in [0.29, 0.717) is 11.7 Å². The summed E-state index contributed by atoms with van der Waals surface area (Å²) in [5.74, 6) is 2.79. The van der Waals surface area contributed by atoms with Gasteiger partial charge in [0.25, 0.3) is 0 Å². The zero-order valence-corrected chi connectivity index (χ0v) is 15.1. The molecule has 0 saturated heterocycles. The molecular formula is C22H34O. The molecule has 1 aromatic carbocycles. The molecule has 0 heterocycles. The number of phenolic OH excluding ortho intramolecular Hbond substituents is 1. The van der Waals surface area contributed by atoms with Crippen molar-refractivity contribution in [3.05, 3.63) is 28.8 Å². The third kappa shape index (κ3) is 3.75. The van der Waals surface area contributed by atoms with E-state index in [-0.39, 0.29) is 0 Å². The number of rotatable bonds is 4. The van der Waals surface area contributed by atoms with Crippen LogP contribution in [0.1, 0.15) is 93.7 Å². The Labute approximate surface area is 142 Å². The summed E-state index contributed by atoms with van der Waals surface area (Å²) in [5, 5.41) is 10.8. The molecule has 23 heavy (non-hydrogen) atoms. The standard InChI is InChI=1S/C22H34O/c1-3-17-14-16(2)22(23)20(15-17)21(18-10-6-4-7-11-18)19-12-8-5-9-13-19/h14-15,18-19,21,23H,3-13H2,1-2H3. The average Bonchev–Trinajstić information content (AvgIpc) is 2.60. The third-order valence-corrected chi connectivity index (χ3v) is 6.47. The maximum atomic E-state index is 10.8. The Hall–Kier alpha value is -0.980.